The second-order valence-electron chi connectivity index (χ2n) is 12.7. The van der Waals surface area contributed by atoms with Gasteiger partial charge in [-0.15, -0.1) is 0 Å². The third-order valence-corrected chi connectivity index (χ3v) is 6.17. The van der Waals surface area contributed by atoms with E-state index in [1.165, 1.54) is 0 Å². The van der Waals surface area contributed by atoms with Gasteiger partial charge in [-0.1, -0.05) is 30.3 Å². The van der Waals surface area contributed by atoms with Crippen molar-refractivity contribution in [3.05, 3.63) is 35.9 Å². The Hall–Kier alpha value is -4.04. The molecular weight excluding hydrogens is 586 g/mol. The van der Waals surface area contributed by atoms with Crippen molar-refractivity contribution in [2.75, 3.05) is 7.11 Å². The Morgan fingerprint density at radius 2 is 1.33 bits per heavy atom. The first kappa shape index (κ1) is 39.0. The Balaban J connectivity index is 3.28. The minimum absolute atomic E-state index is 0.0658. The molecule has 45 heavy (non-hydrogen) atoms. The van der Waals surface area contributed by atoms with Crippen LogP contribution in [0.4, 0.5) is 0 Å². The lowest BCUT2D eigenvalue weighted by atomic mass is 10.0. The third-order valence-electron chi connectivity index (χ3n) is 6.17. The van der Waals surface area contributed by atoms with Crippen LogP contribution in [-0.2, 0) is 49.4 Å². The second-order valence-corrected chi connectivity index (χ2v) is 12.7. The van der Waals surface area contributed by atoms with Gasteiger partial charge < -0.3 is 41.6 Å². The summed E-state index contributed by atoms with van der Waals surface area (Å²) in [6.07, 6.45) is -1.80. The molecule has 0 aliphatic rings. The molecule has 0 unspecified atom stereocenters. The number of amides is 4. The third kappa shape index (κ3) is 15.5. The maximum absolute atomic E-state index is 13.5. The van der Waals surface area contributed by atoms with Crippen LogP contribution in [0.5, 0.6) is 0 Å². The van der Waals surface area contributed by atoms with E-state index >= 15 is 0 Å². The van der Waals surface area contributed by atoms with Gasteiger partial charge in [0.1, 0.15) is 29.8 Å². The van der Waals surface area contributed by atoms with Gasteiger partial charge in [0.05, 0.1) is 25.2 Å². The summed E-state index contributed by atoms with van der Waals surface area (Å²) in [7, 11) is 1.16. The Kier molecular flexibility index (Phi) is 15.1. The molecule has 0 radical (unpaired) electrons. The number of hydrogen-bond acceptors (Lipinski definition) is 10. The van der Waals surface area contributed by atoms with Crippen molar-refractivity contribution in [3.63, 3.8) is 0 Å². The summed E-state index contributed by atoms with van der Waals surface area (Å²) in [4.78, 5) is 76.8. The number of carbonyl (C=O) groups is 6. The van der Waals surface area contributed by atoms with E-state index in [0.29, 0.717) is 0 Å². The Morgan fingerprint density at radius 1 is 0.800 bits per heavy atom. The molecule has 0 bridgehead atoms. The Morgan fingerprint density at radius 3 is 1.84 bits per heavy atom. The van der Waals surface area contributed by atoms with Gasteiger partial charge in [0.2, 0.25) is 23.6 Å². The lowest BCUT2D eigenvalue weighted by Gasteiger charge is -2.29. The molecule has 0 saturated heterocycles. The molecule has 0 spiro atoms. The summed E-state index contributed by atoms with van der Waals surface area (Å²) in [6.45, 7) is 11.9. The summed E-state index contributed by atoms with van der Waals surface area (Å²) in [5.74, 6) is -4.83. The Labute approximate surface area is 264 Å². The fourth-order valence-corrected chi connectivity index (χ4v) is 4.16. The van der Waals surface area contributed by atoms with Crippen molar-refractivity contribution in [1.82, 2.24) is 16.0 Å². The zero-order valence-corrected chi connectivity index (χ0v) is 27.4. The van der Waals surface area contributed by atoms with E-state index in [1.54, 1.807) is 78.8 Å². The quantitative estimate of drug-likeness (QED) is 0.157. The van der Waals surface area contributed by atoms with Crippen molar-refractivity contribution in [2.45, 2.75) is 116 Å². The van der Waals surface area contributed by atoms with Crippen LogP contribution in [0.2, 0.25) is 0 Å². The van der Waals surface area contributed by atoms with Crippen LogP contribution in [-0.4, -0.2) is 84.2 Å². The molecule has 14 nitrogen and oxygen atoms in total. The zero-order valence-electron chi connectivity index (χ0n) is 27.4. The van der Waals surface area contributed by atoms with E-state index in [9.17, 15) is 28.8 Å². The normalized spacial score (nSPS) is 15.0. The highest BCUT2D eigenvalue weighted by Crippen LogP contribution is 2.14. The molecule has 4 amide bonds. The molecule has 252 valence electrons. The average Bonchev–Trinajstić information content (AvgIpc) is 2.91. The molecule has 0 aliphatic carbocycles. The fraction of sp³-hybridized carbons (Fsp3) is 0.613. The highest BCUT2D eigenvalue weighted by atomic mass is 16.6. The molecule has 1 aromatic carbocycles. The number of esters is 2. The van der Waals surface area contributed by atoms with Gasteiger partial charge in [-0.05, 0) is 60.5 Å². The summed E-state index contributed by atoms with van der Waals surface area (Å²) in [5, 5.41) is 7.48. The summed E-state index contributed by atoms with van der Waals surface area (Å²) in [6, 6.07) is 3.58. The topological polar surface area (TPSA) is 218 Å². The van der Waals surface area contributed by atoms with E-state index in [0.717, 1.165) is 12.7 Å². The first-order valence-electron chi connectivity index (χ1n) is 14.7. The van der Waals surface area contributed by atoms with Crippen LogP contribution >= 0.6 is 0 Å². The number of benzene rings is 1. The van der Waals surface area contributed by atoms with Gasteiger partial charge in [-0.2, -0.15) is 0 Å². The van der Waals surface area contributed by atoms with Gasteiger partial charge >= 0.3 is 11.9 Å². The second kappa shape index (κ2) is 17.4. The van der Waals surface area contributed by atoms with Crippen molar-refractivity contribution in [1.29, 1.82) is 0 Å². The summed E-state index contributed by atoms with van der Waals surface area (Å²) < 4.78 is 15.9. The molecule has 0 heterocycles. The Bertz CT molecular complexity index is 1180. The van der Waals surface area contributed by atoms with Crippen LogP contribution in [0.1, 0.15) is 73.3 Å². The van der Waals surface area contributed by atoms with Gasteiger partial charge in [0, 0.05) is 12.8 Å². The number of carbonyl (C=O) groups excluding carboxylic acids is 6. The van der Waals surface area contributed by atoms with Gasteiger partial charge in [-0.3, -0.25) is 24.0 Å². The van der Waals surface area contributed by atoms with Gasteiger partial charge in [0.25, 0.3) is 0 Å². The van der Waals surface area contributed by atoms with Crippen LogP contribution < -0.4 is 27.4 Å². The molecule has 1 aromatic rings. The lowest BCUT2D eigenvalue weighted by molar-refractivity contribution is -0.156. The summed E-state index contributed by atoms with van der Waals surface area (Å²) in [5.41, 5.74) is 10.6. The predicted octanol–water partition coefficient (Wildman–Crippen LogP) is 0.385. The molecule has 0 fully saturated rings. The van der Waals surface area contributed by atoms with Crippen LogP contribution in [0, 0.1) is 0 Å². The molecule has 0 aromatic heterocycles. The van der Waals surface area contributed by atoms with Crippen molar-refractivity contribution >= 4 is 35.6 Å². The fourth-order valence-electron chi connectivity index (χ4n) is 4.16. The lowest BCUT2D eigenvalue weighted by Crippen LogP contribution is -2.59. The molecule has 0 saturated carbocycles. The number of primary amides is 1. The predicted molar refractivity (Wildman–Crippen MR) is 165 cm³/mol. The van der Waals surface area contributed by atoms with E-state index in [2.05, 4.69) is 16.0 Å². The number of nitrogens with one attached hydrogen (secondary N) is 3. The molecule has 1 rings (SSSR count). The number of hydrogen-bond donors (Lipinski definition) is 5. The van der Waals surface area contributed by atoms with Crippen molar-refractivity contribution < 1.29 is 43.0 Å². The number of ether oxygens (including phenoxy) is 3. The standard InChI is InChI=1S/C31H49N5O9/c1-18(44-30(2,3)4)25(33)28(41)34-20(14-15-23(32)37)26(39)35-21(17-24(38)45-31(5,6)7)27(40)36-22(29(42)43-8)16-19-12-10-9-11-13-19/h9-13,18,20-22,25H,14-17,33H2,1-8H3,(H2,32,37)(H,34,41)(H,35,39)(H,36,40)/t18-,20+,21+,22+,25+/m1/s1. The minimum Gasteiger partial charge on any atom is -0.467 e. The van der Waals surface area contributed by atoms with E-state index < -0.39 is 83.5 Å². The molecule has 7 N–H and O–H groups in total. The van der Waals surface area contributed by atoms with Crippen LogP contribution in [0.25, 0.3) is 0 Å². The highest BCUT2D eigenvalue weighted by Gasteiger charge is 2.34. The van der Waals surface area contributed by atoms with Gasteiger partial charge in [-0.25, -0.2) is 4.79 Å². The molecule has 0 aliphatic heterocycles. The number of nitrogens with two attached hydrogens (primary N) is 2. The SMILES string of the molecule is COC(=O)[C@H](Cc1ccccc1)NC(=O)[C@H](CC(=O)OC(C)(C)C)NC(=O)[C@H](CCC(N)=O)NC(=O)[C@@H](N)[C@@H](C)OC(C)(C)C. The van der Waals surface area contributed by atoms with Crippen molar-refractivity contribution in [3.8, 4) is 0 Å². The zero-order chi connectivity index (χ0) is 34.5. The summed E-state index contributed by atoms with van der Waals surface area (Å²) >= 11 is 0. The minimum atomic E-state index is -1.54. The smallest absolute Gasteiger partial charge is 0.328 e. The molecular formula is C31H49N5O9. The van der Waals surface area contributed by atoms with Crippen LogP contribution in [0.15, 0.2) is 30.3 Å². The largest absolute Gasteiger partial charge is 0.467 e. The van der Waals surface area contributed by atoms with E-state index in [4.69, 9.17) is 25.7 Å². The maximum Gasteiger partial charge on any atom is 0.328 e. The monoisotopic (exact) mass is 635 g/mol. The van der Waals surface area contributed by atoms with E-state index in [1.807, 2.05) is 0 Å². The maximum atomic E-state index is 13.5. The van der Waals surface area contributed by atoms with Gasteiger partial charge in [0.15, 0.2) is 0 Å². The first-order chi connectivity index (χ1) is 20.7. The molecule has 5 atom stereocenters. The number of rotatable bonds is 16. The highest BCUT2D eigenvalue weighted by molar-refractivity contribution is 5.96. The average molecular weight is 636 g/mol. The number of methoxy groups -OCH3 is 1. The van der Waals surface area contributed by atoms with E-state index in [-0.39, 0.29) is 19.3 Å². The molecule has 14 heteroatoms. The van der Waals surface area contributed by atoms with Crippen molar-refractivity contribution in [2.24, 2.45) is 11.5 Å². The first-order valence-corrected chi connectivity index (χ1v) is 14.7. The van der Waals surface area contributed by atoms with Crippen LogP contribution in [0.3, 0.4) is 0 Å².